The van der Waals surface area contributed by atoms with Crippen molar-refractivity contribution >= 4 is 26.8 Å². The molecule has 1 amide bonds. The van der Waals surface area contributed by atoms with Crippen molar-refractivity contribution in [1.82, 2.24) is 19.9 Å². The third-order valence-electron chi connectivity index (χ3n) is 6.03. The molecule has 3 aromatic heterocycles. The summed E-state index contributed by atoms with van der Waals surface area (Å²) in [4.78, 5) is 22.5. The number of aryl methyl sites for hydroxylation is 1. The molecule has 0 saturated carbocycles. The van der Waals surface area contributed by atoms with Gasteiger partial charge >= 0.3 is 0 Å². The summed E-state index contributed by atoms with van der Waals surface area (Å²) in [6.45, 7) is 2.03. The number of fused-ring (bicyclic) bond motifs is 1. The van der Waals surface area contributed by atoms with Crippen molar-refractivity contribution in [3.05, 3.63) is 66.0 Å². The molecule has 34 heavy (non-hydrogen) atoms. The van der Waals surface area contributed by atoms with Crippen LogP contribution in [0.1, 0.15) is 34.5 Å². The number of rotatable bonds is 6. The molecule has 1 aliphatic rings. The van der Waals surface area contributed by atoms with Crippen LogP contribution in [0.25, 0.3) is 22.3 Å². The molecule has 0 radical (unpaired) electrons. The normalized spacial score (nSPS) is 17.2. The van der Waals surface area contributed by atoms with Crippen LogP contribution < -0.4 is 10.1 Å². The number of ether oxygens (including phenoxy) is 1. The Bertz CT molecular complexity index is 1460. The molecular formula is C24H24N4O5S. The fourth-order valence-corrected chi connectivity index (χ4v) is 6.08. The van der Waals surface area contributed by atoms with Gasteiger partial charge in [-0.3, -0.25) is 4.79 Å². The van der Waals surface area contributed by atoms with Gasteiger partial charge in [-0.05, 0) is 55.8 Å². The number of nitrogens with zero attached hydrogens (tertiary/aromatic N) is 3. The number of carbonyl (C=O) groups is 1. The Hall–Kier alpha value is -3.66. The Kier molecular flexibility index (Phi) is 5.60. The number of amides is 1. The van der Waals surface area contributed by atoms with E-state index >= 15 is 0 Å². The van der Waals surface area contributed by atoms with Crippen molar-refractivity contribution in [3.63, 3.8) is 0 Å². The van der Waals surface area contributed by atoms with Gasteiger partial charge in [0.1, 0.15) is 22.9 Å². The minimum absolute atomic E-state index is 0.0551. The summed E-state index contributed by atoms with van der Waals surface area (Å²) in [7, 11) is -1.51. The lowest BCUT2D eigenvalue weighted by atomic mass is 10.1. The van der Waals surface area contributed by atoms with Crippen LogP contribution in [0, 0.1) is 6.92 Å². The molecule has 0 bridgehead atoms. The first-order valence-electron chi connectivity index (χ1n) is 10.9. The standard InChI is InChI=1S/C24H24N4O5S/c1-15-26-22-21(28(15)17-9-11-34(30,31)14-17)12-20(16-5-7-18(32-2)8-6-16)27-23(22)24(29)25-13-19-4-3-10-33-19/h3-8,10,12,17H,9,11,13-14H2,1-2H3,(H,25,29). The number of hydrogen-bond donors (Lipinski definition) is 1. The zero-order chi connectivity index (χ0) is 23.9. The van der Waals surface area contributed by atoms with Gasteiger partial charge in [-0.1, -0.05) is 0 Å². The van der Waals surface area contributed by atoms with Crippen LogP contribution in [0.15, 0.2) is 53.1 Å². The van der Waals surface area contributed by atoms with Crippen molar-refractivity contribution in [1.29, 1.82) is 0 Å². The number of hydrogen-bond acceptors (Lipinski definition) is 7. The summed E-state index contributed by atoms with van der Waals surface area (Å²) >= 11 is 0. The minimum atomic E-state index is -3.10. The fourth-order valence-electron chi connectivity index (χ4n) is 4.38. The number of carbonyl (C=O) groups excluding carboxylic acids is 1. The largest absolute Gasteiger partial charge is 0.497 e. The van der Waals surface area contributed by atoms with E-state index in [4.69, 9.17) is 9.15 Å². The number of methoxy groups -OCH3 is 1. The Balaban J connectivity index is 1.62. The van der Waals surface area contributed by atoms with Crippen molar-refractivity contribution in [2.45, 2.75) is 25.9 Å². The average molecular weight is 481 g/mol. The van der Waals surface area contributed by atoms with Crippen LogP contribution in [0.5, 0.6) is 5.75 Å². The van der Waals surface area contributed by atoms with Crippen molar-refractivity contribution in [3.8, 4) is 17.0 Å². The summed E-state index contributed by atoms with van der Waals surface area (Å²) in [5, 5.41) is 2.84. The first-order valence-corrected chi connectivity index (χ1v) is 12.7. The zero-order valence-corrected chi connectivity index (χ0v) is 19.6. The van der Waals surface area contributed by atoms with Crippen LogP contribution in [-0.2, 0) is 16.4 Å². The zero-order valence-electron chi connectivity index (χ0n) is 18.8. The van der Waals surface area contributed by atoms with E-state index < -0.39 is 9.84 Å². The van der Waals surface area contributed by atoms with Crippen LogP contribution in [0.4, 0.5) is 0 Å². The van der Waals surface area contributed by atoms with E-state index in [1.54, 1.807) is 25.5 Å². The summed E-state index contributed by atoms with van der Waals surface area (Å²) < 4.78 is 36.8. The second kappa shape index (κ2) is 8.60. The second-order valence-corrected chi connectivity index (χ2v) is 10.5. The number of pyridine rings is 1. The molecule has 1 aromatic carbocycles. The topological polar surface area (TPSA) is 116 Å². The van der Waals surface area contributed by atoms with Gasteiger partial charge in [-0.25, -0.2) is 18.4 Å². The van der Waals surface area contributed by atoms with E-state index in [-0.39, 0.29) is 35.7 Å². The van der Waals surface area contributed by atoms with Gasteiger partial charge < -0.3 is 19.0 Å². The molecule has 4 aromatic rings. The first-order chi connectivity index (χ1) is 16.3. The number of benzene rings is 1. The van der Waals surface area contributed by atoms with Gasteiger partial charge in [0.05, 0.1) is 48.7 Å². The molecule has 0 aliphatic carbocycles. The molecule has 1 atom stereocenters. The number of nitrogens with one attached hydrogen (secondary N) is 1. The van der Waals surface area contributed by atoms with Gasteiger partial charge in [0.2, 0.25) is 0 Å². The molecule has 1 fully saturated rings. The van der Waals surface area contributed by atoms with E-state index in [1.807, 2.05) is 41.8 Å². The third-order valence-corrected chi connectivity index (χ3v) is 7.78. The highest BCUT2D eigenvalue weighted by atomic mass is 32.2. The van der Waals surface area contributed by atoms with Crippen molar-refractivity contribution in [2.75, 3.05) is 18.6 Å². The maximum atomic E-state index is 13.2. The molecule has 176 valence electrons. The Morgan fingerprint density at radius 2 is 2.03 bits per heavy atom. The quantitative estimate of drug-likeness (QED) is 0.450. The maximum absolute atomic E-state index is 13.2. The van der Waals surface area contributed by atoms with Crippen molar-refractivity contribution < 1.29 is 22.4 Å². The number of sulfone groups is 1. The second-order valence-electron chi connectivity index (χ2n) is 8.30. The van der Waals surface area contributed by atoms with E-state index in [0.29, 0.717) is 40.5 Å². The molecule has 1 saturated heterocycles. The maximum Gasteiger partial charge on any atom is 0.272 e. The first kappa shape index (κ1) is 22.1. The molecule has 0 spiro atoms. The van der Waals surface area contributed by atoms with Gasteiger partial charge in [0, 0.05) is 5.56 Å². The Morgan fingerprint density at radius 3 is 2.68 bits per heavy atom. The molecule has 1 unspecified atom stereocenters. The fraction of sp³-hybridized carbons (Fsp3) is 0.292. The molecule has 1 aliphatic heterocycles. The van der Waals surface area contributed by atoms with Gasteiger partial charge in [0.25, 0.3) is 5.91 Å². The molecule has 1 N–H and O–H groups in total. The highest BCUT2D eigenvalue weighted by Gasteiger charge is 2.32. The predicted molar refractivity (Wildman–Crippen MR) is 126 cm³/mol. The van der Waals surface area contributed by atoms with Gasteiger partial charge in [0.15, 0.2) is 15.5 Å². The van der Waals surface area contributed by atoms with Gasteiger partial charge in [-0.15, -0.1) is 0 Å². The summed E-state index contributed by atoms with van der Waals surface area (Å²) in [5.41, 5.74) is 2.68. The van der Waals surface area contributed by atoms with E-state index in [2.05, 4.69) is 15.3 Å². The molecule has 9 nitrogen and oxygen atoms in total. The third kappa shape index (κ3) is 4.16. The number of furan rings is 1. The Morgan fingerprint density at radius 1 is 1.24 bits per heavy atom. The summed E-state index contributed by atoms with van der Waals surface area (Å²) in [6, 6.07) is 12.5. The summed E-state index contributed by atoms with van der Waals surface area (Å²) in [6.07, 6.45) is 2.05. The minimum Gasteiger partial charge on any atom is -0.497 e. The highest BCUT2D eigenvalue weighted by molar-refractivity contribution is 7.91. The monoisotopic (exact) mass is 480 g/mol. The number of imidazole rings is 1. The SMILES string of the molecule is COc1ccc(-c2cc3c(nc(C)n3C3CCS(=O)(=O)C3)c(C(=O)NCc3ccco3)n2)cc1. The lowest BCUT2D eigenvalue weighted by Crippen LogP contribution is -2.24. The predicted octanol–water partition coefficient (Wildman–Crippen LogP) is 3.30. The molecular weight excluding hydrogens is 456 g/mol. The van der Waals surface area contributed by atoms with Crippen LogP contribution in [0.2, 0.25) is 0 Å². The van der Waals surface area contributed by atoms with Crippen molar-refractivity contribution in [2.24, 2.45) is 0 Å². The lowest BCUT2D eigenvalue weighted by Gasteiger charge is -2.15. The smallest absolute Gasteiger partial charge is 0.272 e. The van der Waals surface area contributed by atoms with E-state index in [9.17, 15) is 13.2 Å². The highest BCUT2D eigenvalue weighted by Crippen LogP contribution is 2.32. The number of aromatic nitrogens is 3. The van der Waals surface area contributed by atoms with E-state index in [1.165, 1.54) is 0 Å². The molecule has 5 rings (SSSR count). The Labute approximate surface area is 196 Å². The van der Waals surface area contributed by atoms with Crippen LogP contribution >= 0.6 is 0 Å². The van der Waals surface area contributed by atoms with E-state index in [0.717, 1.165) is 5.56 Å². The van der Waals surface area contributed by atoms with Crippen LogP contribution in [-0.4, -0.2) is 47.5 Å². The van der Waals surface area contributed by atoms with Gasteiger partial charge in [-0.2, -0.15) is 0 Å². The lowest BCUT2D eigenvalue weighted by molar-refractivity contribution is 0.0945. The summed E-state index contributed by atoms with van der Waals surface area (Å²) in [5.74, 6) is 1.78. The average Bonchev–Trinajstić information content (AvgIpc) is 3.55. The molecule has 10 heteroatoms. The van der Waals surface area contributed by atoms with Crippen LogP contribution in [0.3, 0.4) is 0 Å². The molecule has 4 heterocycles.